The second-order valence-corrected chi connectivity index (χ2v) is 2.64. The number of hydrogen-bond acceptors (Lipinski definition) is 4. The third-order valence-corrected chi connectivity index (χ3v) is 1.37. The highest BCUT2D eigenvalue weighted by Crippen LogP contribution is 2.12. The Kier molecular flexibility index (Phi) is 3.06. The van der Waals surface area contributed by atoms with Gasteiger partial charge in [0.2, 0.25) is 5.91 Å². The zero-order valence-electron chi connectivity index (χ0n) is 7.61. The first-order chi connectivity index (χ1) is 6.58. The summed E-state index contributed by atoms with van der Waals surface area (Å²) in [5.74, 6) is -0.136. The summed E-state index contributed by atoms with van der Waals surface area (Å²) in [7, 11) is 0. The zero-order chi connectivity index (χ0) is 10.6. The van der Waals surface area contributed by atoms with Gasteiger partial charge < -0.3 is 10.5 Å². The molecule has 0 heterocycles. The summed E-state index contributed by atoms with van der Waals surface area (Å²) in [5.41, 5.74) is 6.00. The van der Waals surface area contributed by atoms with Crippen molar-refractivity contribution in [3.05, 3.63) is 24.3 Å². The molecule has 0 spiro atoms. The first-order valence-electron chi connectivity index (χ1n) is 3.93. The quantitative estimate of drug-likeness (QED) is 0.651. The highest BCUT2D eigenvalue weighted by atomic mass is 16.6. The molecule has 0 aliphatic heterocycles. The molecule has 5 nitrogen and oxygen atoms in total. The van der Waals surface area contributed by atoms with E-state index in [1.807, 2.05) is 5.32 Å². The average Bonchev–Trinajstić information content (AvgIpc) is 2.07. The van der Waals surface area contributed by atoms with Crippen LogP contribution in [0.4, 0.5) is 10.5 Å². The summed E-state index contributed by atoms with van der Waals surface area (Å²) in [5, 5.41) is 1.97. The Morgan fingerprint density at radius 3 is 2.36 bits per heavy atom. The van der Waals surface area contributed by atoms with Gasteiger partial charge in [0, 0.05) is 12.6 Å². The van der Waals surface area contributed by atoms with E-state index < -0.39 is 12.0 Å². The van der Waals surface area contributed by atoms with Crippen molar-refractivity contribution in [1.82, 2.24) is 5.32 Å². The minimum absolute atomic E-state index is 0.331. The molecule has 1 rings (SSSR count). The second kappa shape index (κ2) is 4.27. The molecule has 0 radical (unpaired) electrons. The molecule has 1 aromatic carbocycles. The van der Waals surface area contributed by atoms with Gasteiger partial charge in [-0.1, -0.05) is 0 Å². The molecule has 0 aromatic heterocycles. The van der Waals surface area contributed by atoms with Crippen molar-refractivity contribution in [1.29, 1.82) is 0 Å². The van der Waals surface area contributed by atoms with Gasteiger partial charge in [0.1, 0.15) is 5.75 Å². The van der Waals surface area contributed by atoms with Crippen LogP contribution in [0.3, 0.4) is 0 Å². The van der Waals surface area contributed by atoms with Crippen molar-refractivity contribution < 1.29 is 14.3 Å². The molecule has 0 saturated carbocycles. The molecule has 5 heteroatoms. The third-order valence-electron chi connectivity index (χ3n) is 1.37. The largest absolute Gasteiger partial charge is 0.419 e. The number of rotatable bonds is 1. The minimum Gasteiger partial charge on any atom is -0.410 e. The SMILES string of the molecule is CC(=O)NC(=O)Oc1ccc(N)cc1. The van der Waals surface area contributed by atoms with E-state index in [9.17, 15) is 9.59 Å². The summed E-state index contributed by atoms with van der Waals surface area (Å²) in [6.07, 6.45) is -0.803. The molecule has 0 unspecified atom stereocenters. The molecule has 14 heavy (non-hydrogen) atoms. The summed E-state index contributed by atoms with van der Waals surface area (Å²) < 4.78 is 4.75. The molecule has 0 atom stereocenters. The Labute approximate surface area is 80.9 Å². The van der Waals surface area contributed by atoms with Crippen LogP contribution in [0.2, 0.25) is 0 Å². The number of hydrogen-bond donors (Lipinski definition) is 2. The molecule has 2 amide bonds. The van der Waals surface area contributed by atoms with E-state index in [1.54, 1.807) is 12.1 Å². The molecular formula is C9H10N2O3. The van der Waals surface area contributed by atoms with Gasteiger partial charge >= 0.3 is 6.09 Å². The van der Waals surface area contributed by atoms with Crippen molar-refractivity contribution in [3.63, 3.8) is 0 Å². The maximum Gasteiger partial charge on any atom is 0.419 e. The number of ether oxygens (including phenoxy) is 1. The van der Waals surface area contributed by atoms with Gasteiger partial charge in [-0.15, -0.1) is 0 Å². The van der Waals surface area contributed by atoms with Crippen LogP contribution in [-0.2, 0) is 4.79 Å². The van der Waals surface area contributed by atoms with Gasteiger partial charge in [-0.3, -0.25) is 10.1 Å². The first kappa shape index (κ1) is 10.0. The molecule has 3 N–H and O–H groups in total. The van der Waals surface area contributed by atoms with E-state index in [1.165, 1.54) is 19.1 Å². The number of carbonyl (C=O) groups is 2. The Morgan fingerprint density at radius 2 is 1.86 bits per heavy atom. The van der Waals surface area contributed by atoms with Gasteiger partial charge in [0.15, 0.2) is 0 Å². The average molecular weight is 194 g/mol. The van der Waals surface area contributed by atoms with E-state index in [0.29, 0.717) is 11.4 Å². The van der Waals surface area contributed by atoms with Crippen molar-refractivity contribution in [2.45, 2.75) is 6.92 Å². The number of anilines is 1. The van der Waals surface area contributed by atoms with Gasteiger partial charge in [-0.25, -0.2) is 4.79 Å². The number of nitrogens with two attached hydrogens (primary N) is 1. The maximum atomic E-state index is 10.9. The number of imide groups is 1. The molecular weight excluding hydrogens is 184 g/mol. The third kappa shape index (κ3) is 3.14. The molecule has 1 aromatic rings. The van der Waals surface area contributed by atoms with Crippen molar-refractivity contribution in [2.24, 2.45) is 0 Å². The number of amides is 2. The fraction of sp³-hybridized carbons (Fsp3) is 0.111. The minimum atomic E-state index is -0.803. The smallest absolute Gasteiger partial charge is 0.410 e. The summed E-state index contributed by atoms with van der Waals surface area (Å²) in [6, 6.07) is 6.26. The van der Waals surface area contributed by atoms with Crippen LogP contribution in [0.1, 0.15) is 6.92 Å². The van der Waals surface area contributed by atoms with Gasteiger partial charge in [-0.05, 0) is 24.3 Å². The summed E-state index contributed by atoms with van der Waals surface area (Å²) >= 11 is 0. The Morgan fingerprint density at radius 1 is 1.29 bits per heavy atom. The van der Waals surface area contributed by atoms with Crippen LogP contribution in [0.25, 0.3) is 0 Å². The normalized spacial score (nSPS) is 9.21. The molecule has 0 aliphatic carbocycles. The van der Waals surface area contributed by atoms with E-state index in [2.05, 4.69) is 0 Å². The van der Waals surface area contributed by atoms with E-state index in [-0.39, 0.29) is 0 Å². The number of carbonyl (C=O) groups excluding carboxylic acids is 2. The lowest BCUT2D eigenvalue weighted by Crippen LogP contribution is -2.30. The highest BCUT2D eigenvalue weighted by molar-refractivity contribution is 5.91. The Hall–Kier alpha value is -2.04. The van der Waals surface area contributed by atoms with Gasteiger partial charge in [0.25, 0.3) is 0 Å². The number of nitrogens with one attached hydrogen (secondary N) is 1. The molecule has 0 saturated heterocycles. The summed E-state index contributed by atoms with van der Waals surface area (Å²) in [4.78, 5) is 21.4. The Bertz CT molecular complexity index is 346. The van der Waals surface area contributed by atoms with Gasteiger partial charge in [-0.2, -0.15) is 0 Å². The lowest BCUT2D eigenvalue weighted by Gasteiger charge is -2.03. The topological polar surface area (TPSA) is 81.4 Å². The van der Waals surface area contributed by atoms with Gasteiger partial charge in [0.05, 0.1) is 0 Å². The fourth-order valence-electron chi connectivity index (χ4n) is 0.812. The lowest BCUT2D eigenvalue weighted by molar-refractivity contribution is -0.118. The second-order valence-electron chi connectivity index (χ2n) is 2.64. The Balaban J connectivity index is 2.56. The zero-order valence-corrected chi connectivity index (χ0v) is 7.61. The van der Waals surface area contributed by atoms with E-state index in [4.69, 9.17) is 10.5 Å². The molecule has 74 valence electrons. The predicted molar refractivity (Wildman–Crippen MR) is 50.7 cm³/mol. The van der Waals surface area contributed by atoms with E-state index in [0.717, 1.165) is 0 Å². The van der Waals surface area contributed by atoms with Crippen LogP contribution in [0, 0.1) is 0 Å². The van der Waals surface area contributed by atoms with Crippen LogP contribution < -0.4 is 15.8 Å². The van der Waals surface area contributed by atoms with Crippen molar-refractivity contribution in [2.75, 3.05) is 5.73 Å². The first-order valence-corrected chi connectivity index (χ1v) is 3.93. The standard InChI is InChI=1S/C9H10N2O3/c1-6(12)11-9(13)14-8-4-2-7(10)3-5-8/h2-5H,10H2,1H3,(H,11,12,13). The van der Waals surface area contributed by atoms with Crippen molar-refractivity contribution in [3.8, 4) is 5.75 Å². The lowest BCUT2D eigenvalue weighted by atomic mass is 10.3. The maximum absolute atomic E-state index is 10.9. The monoisotopic (exact) mass is 194 g/mol. The van der Waals surface area contributed by atoms with Crippen molar-refractivity contribution >= 4 is 17.7 Å². The van der Waals surface area contributed by atoms with Crippen LogP contribution in [0.15, 0.2) is 24.3 Å². The fourth-order valence-corrected chi connectivity index (χ4v) is 0.812. The van der Waals surface area contributed by atoms with Crippen LogP contribution in [-0.4, -0.2) is 12.0 Å². The van der Waals surface area contributed by atoms with E-state index >= 15 is 0 Å². The van der Waals surface area contributed by atoms with Crippen LogP contribution in [0.5, 0.6) is 5.75 Å². The number of nitrogen functional groups attached to an aromatic ring is 1. The summed E-state index contributed by atoms with van der Waals surface area (Å²) in [6.45, 7) is 1.23. The molecule has 0 aliphatic rings. The molecule has 0 fully saturated rings. The number of benzene rings is 1. The molecule has 0 bridgehead atoms. The van der Waals surface area contributed by atoms with Crippen LogP contribution >= 0.6 is 0 Å². The predicted octanol–water partition coefficient (Wildman–Crippen LogP) is 0.904. The highest BCUT2D eigenvalue weighted by Gasteiger charge is 2.05.